The number of nitrogens with one attached hydrogen (secondary N) is 2. The fourth-order valence-electron chi connectivity index (χ4n) is 5.55. The van der Waals surface area contributed by atoms with Gasteiger partial charge in [-0.3, -0.25) is 14.6 Å². The number of aromatic nitrogens is 2. The van der Waals surface area contributed by atoms with Crippen LogP contribution in [0, 0.1) is 19.7 Å². The number of aryl methyl sites for hydroxylation is 2. The molecule has 3 heterocycles. The van der Waals surface area contributed by atoms with Gasteiger partial charge in [-0.15, -0.1) is 0 Å². The highest BCUT2D eigenvalue weighted by Crippen LogP contribution is 2.47. The molecule has 0 fully saturated rings. The molecule has 4 aromatic rings. The third-order valence-electron chi connectivity index (χ3n) is 8.29. The van der Waals surface area contributed by atoms with E-state index in [0.29, 0.717) is 10.9 Å². The zero-order valence-electron chi connectivity index (χ0n) is 27.3. The van der Waals surface area contributed by atoms with Crippen LogP contribution in [-0.4, -0.2) is 65.5 Å². The second-order valence-corrected chi connectivity index (χ2v) is 12.9. The Bertz CT molecular complexity index is 1910. The Morgan fingerprint density at radius 3 is 2.48 bits per heavy atom. The lowest BCUT2D eigenvalue weighted by Crippen LogP contribution is -2.48. The first-order valence-electron chi connectivity index (χ1n) is 15.2. The monoisotopic (exact) mass is 668 g/mol. The van der Waals surface area contributed by atoms with Crippen LogP contribution < -0.4 is 20.1 Å². The smallest absolute Gasteiger partial charge is 0.398 e. The van der Waals surface area contributed by atoms with Crippen molar-refractivity contribution in [3.63, 3.8) is 0 Å². The number of alkyl halides is 3. The van der Waals surface area contributed by atoms with E-state index in [0.717, 1.165) is 5.56 Å². The first kappa shape index (κ1) is 34.6. The van der Waals surface area contributed by atoms with Gasteiger partial charge in [-0.05, 0) is 88.2 Å². The first-order chi connectivity index (χ1) is 22.4. The molecule has 48 heavy (non-hydrogen) atoms. The van der Waals surface area contributed by atoms with E-state index in [1.165, 1.54) is 71.2 Å². The van der Waals surface area contributed by atoms with Crippen LogP contribution >= 0.6 is 0 Å². The fraction of sp³-hybridized carbons (Fsp3) is 0.371. The lowest BCUT2D eigenvalue weighted by Gasteiger charge is -2.26. The predicted octanol–water partition coefficient (Wildman–Crippen LogP) is 5.67. The molecule has 1 aliphatic rings. The summed E-state index contributed by atoms with van der Waals surface area (Å²) in [5.74, 6) is -3.80. The van der Waals surface area contributed by atoms with E-state index in [2.05, 4.69) is 20.6 Å². The van der Waals surface area contributed by atoms with Crippen LogP contribution in [0.1, 0.15) is 59.4 Å². The van der Waals surface area contributed by atoms with E-state index >= 15 is 0 Å². The number of fused-ring (bicyclic) bond motifs is 2. The summed E-state index contributed by atoms with van der Waals surface area (Å²) in [4.78, 5) is 35.5. The van der Waals surface area contributed by atoms with Crippen LogP contribution in [0.25, 0.3) is 22.2 Å². The number of carbonyl (C=O) groups is 2. The molecule has 9 nitrogen and oxygen atoms in total. The van der Waals surface area contributed by atoms with Crippen molar-refractivity contribution in [1.29, 1.82) is 0 Å². The third-order valence-corrected chi connectivity index (χ3v) is 8.29. The summed E-state index contributed by atoms with van der Waals surface area (Å²) in [6.45, 7) is 6.62. The molecule has 254 valence electrons. The summed E-state index contributed by atoms with van der Waals surface area (Å²) in [5.41, 5.74) is -1.16. The number of carbonyl (C=O) groups excluding carboxylic acids is 2. The Hall–Kier alpha value is -4.78. The van der Waals surface area contributed by atoms with Crippen LogP contribution in [0.2, 0.25) is 0 Å². The quantitative estimate of drug-likeness (QED) is 0.197. The first-order valence-corrected chi connectivity index (χ1v) is 15.2. The molecule has 0 radical (unpaired) electrons. The van der Waals surface area contributed by atoms with Gasteiger partial charge in [0, 0.05) is 41.4 Å². The maximum absolute atomic E-state index is 14.8. The van der Waals surface area contributed by atoms with E-state index in [9.17, 15) is 32.3 Å². The summed E-state index contributed by atoms with van der Waals surface area (Å²) >= 11 is 0. The normalized spacial score (nSPS) is 16.6. The van der Waals surface area contributed by atoms with Crippen molar-refractivity contribution in [3.8, 4) is 22.8 Å². The summed E-state index contributed by atoms with van der Waals surface area (Å²) in [7, 11) is 1.40. The molecule has 0 saturated heterocycles. The summed E-state index contributed by atoms with van der Waals surface area (Å²) in [6.07, 6.45) is -3.25. The molecule has 2 aromatic carbocycles. The maximum atomic E-state index is 14.8. The van der Waals surface area contributed by atoms with Crippen LogP contribution in [0.5, 0.6) is 11.5 Å². The highest BCUT2D eigenvalue weighted by atomic mass is 19.4. The molecule has 0 aliphatic carbocycles. The minimum Gasteiger partial charge on any atom is -0.494 e. The highest BCUT2D eigenvalue weighted by Gasteiger charge is 2.48. The molecular formula is C35H36F4N4O5. The number of halogens is 4. The SMILES string of the molecule is COc1cc(C(=O)NCC(c2cc3c(c(-c4ccc(F)c(C)c4)n2)OC[C@]3(C)C(=O)NCC(C)(C)O)C(F)(F)F)cc2cc(C)cnc12. The number of benzene rings is 2. The van der Waals surface area contributed by atoms with Gasteiger partial charge in [-0.1, -0.05) is 0 Å². The van der Waals surface area contributed by atoms with Gasteiger partial charge < -0.3 is 25.2 Å². The van der Waals surface area contributed by atoms with Crippen molar-refractivity contribution in [2.45, 2.75) is 57.7 Å². The predicted molar refractivity (Wildman–Crippen MR) is 171 cm³/mol. The van der Waals surface area contributed by atoms with E-state index in [1.807, 2.05) is 6.92 Å². The molecule has 2 atom stereocenters. The number of amides is 2. The lowest BCUT2D eigenvalue weighted by molar-refractivity contribution is -0.149. The number of aliphatic hydroxyl groups is 1. The van der Waals surface area contributed by atoms with Gasteiger partial charge in [0.2, 0.25) is 5.91 Å². The molecule has 1 unspecified atom stereocenters. The topological polar surface area (TPSA) is 123 Å². The Balaban J connectivity index is 1.56. The number of nitrogens with zero attached hydrogens (tertiary/aromatic N) is 2. The van der Waals surface area contributed by atoms with Gasteiger partial charge >= 0.3 is 6.18 Å². The van der Waals surface area contributed by atoms with Gasteiger partial charge in [0.15, 0.2) is 0 Å². The molecule has 0 bridgehead atoms. The van der Waals surface area contributed by atoms with Gasteiger partial charge in [0.25, 0.3) is 5.91 Å². The standard InChI is InChI=1S/C35H36F4N4O5/c1-18-9-21-11-22(12-27(47-6)28(21)40-14-18)31(44)41-15-24(35(37,38)39)26-13-23-30(29(43-26)20-7-8-25(36)19(2)10-20)48-17-34(23,5)32(45)42-16-33(3,4)46/h7-14,24,46H,15-17H2,1-6H3,(H,41,44)(H,42,45)/t24?,34-/m0/s1. The van der Waals surface area contributed by atoms with Crippen molar-refractivity contribution in [1.82, 2.24) is 20.6 Å². The molecule has 2 aromatic heterocycles. The Morgan fingerprint density at radius 1 is 1.10 bits per heavy atom. The second-order valence-electron chi connectivity index (χ2n) is 12.9. The van der Waals surface area contributed by atoms with Crippen molar-refractivity contribution in [2.24, 2.45) is 0 Å². The number of hydrogen-bond acceptors (Lipinski definition) is 7. The van der Waals surface area contributed by atoms with E-state index < -0.39 is 53.0 Å². The summed E-state index contributed by atoms with van der Waals surface area (Å²) < 4.78 is 70.0. The minimum atomic E-state index is -4.88. The third kappa shape index (κ3) is 6.91. The van der Waals surface area contributed by atoms with Crippen LogP contribution in [0.4, 0.5) is 17.6 Å². The average Bonchev–Trinajstić information content (AvgIpc) is 3.36. The van der Waals surface area contributed by atoms with Crippen molar-refractivity contribution < 1.29 is 41.7 Å². The number of rotatable bonds is 9. The van der Waals surface area contributed by atoms with E-state index in [1.54, 1.807) is 12.3 Å². The zero-order valence-corrected chi connectivity index (χ0v) is 27.3. The molecule has 0 saturated carbocycles. The van der Waals surface area contributed by atoms with Gasteiger partial charge in [-0.25, -0.2) is 9.37 Å². The molecule has 0 spiro atoms. The number of hydrogen-bond donors (Lipinski definition) is 3. The molecule has 5 rings (SSSR count). The van der Waals surface area contributed by atoms with Crippen molar-refractivity contribution in [2.75, 3.05) is 26.8 Å². The molecule has 3 N–H and O–H groups in total. The molecule has 13 heteroatoms. The zero-order chi connectivity index (χ0) is 35.2. The van der Waals surface area contributed by atoms with Gasteiger partial charge in [0.1, 0.15) is 46.5 Å². The molecule has 2 amide bonds. The highest BCUT2D eigenvalue weighted by molar-refractivity contribution is 6.00. The number of methoxy groups -OCH3 is 1. The average molecular weight is 669 g/mol. The van der Waals surface area contributed by atoms with Crippen molar-refractivity contribution >= 4 is 22.7 Å². The largest absolute Gasteiger partial charge is 0.494 e. The Kier molecular flexibility index (Phi) is 9.13. The van der Waals surface area contributed by atoms with Gasteiger partial charge in [0.05, 0.1) is 18.4 Å². The van der Waals surface area contributed by atoms with Crippen LogP contribution in [0.3, 0.4) is 0 Å². The van der Waals surface area contributed by atoms with Crippen LogP contribution in [-0.2, 0) is 10.2 Å². The Labute approximate surface area is 274 Å². The second kappa shape index (κ2) is 12.7. The maximum Gasteiger partial charge on any atom is 0.398 e. The van der Waals surface area contributed by atoms with E-state index in [4.69, 9.17) is 9.47 Å². The van der Waals surface area contributed by atoms with E-state index in [-0.39, 0.29) is 52.6 Å². The molecular weight excluding hydrogens is 632 g/mol. The summed E-state index contributed by atoms with van der Waals surface area (Å²) in [6, 6.07) is 9.85. The molecule has 1 aliphatic heterocycles. The number of pyridine rings is 2. The number of ether oxygens (including phenoxy) is 2. The fourth-order valence-corrected chi connectivity index (χ4v) is 5.55. The Morgan fingerprint density at radius 2 is 1.83 bits per heavy atom. The summed E-state index contributed by atoms with van der Waals surface area (Å²) in [5, 5.41) is 15.8. The lowest BCUT2D eigenvalue weighted by atomic mass is 9.81. The van der Waals surface area contributed by atoms with Crippen LogP contribution in [0.15, 0.2) is 48.7 Å². The minimum absolute atomic E-state index is 0.00711. The van der Waals surface area contributed by atoms with Gasteiger partial charge in [-0.2, -0.15) is 13.2 Å². The van der Waals surface area contributed by atoms with Crippen molar-refractivity contribution in [3.05, 3.63) is 82.4 Å².